The summed E-state index contributed by atoms with van der Waals surface area (Å²) in [6.45, 7) is 11.3. The molecule has 0 spiro atoms. The van der Waals surface area contributed by atoms with E-state index in [0.29, 0.717) is 0 Å². The number of hydroxylamine groups is 2. The second-order valence-corrected chi connectivity index (χ2v) is 9.36. The molecule has 0 unspecified atom stereocenters. The van der Waals surface area contributed by atoms with Gasteiger partial charge < -0.3 is 4.74 Å². The van der Waals surface area contributed by atoms with Gasteiger partial charge in [-0.05, 0) is 47.0 Å². The largest absolute Gasteiger partial charge is 0.378 e. The lowest BCUT2D eigenvalue weighted by Crippen LogP contribution is -2.59. The molecule has 0 bridgehead atoms. The van der Waals surface area contributed by atoms with Gasteiger partial charge in [-0.15, -0.1) is 10.3 Å². The number of hydrogen-bond donors (Lipinski definition) is 0. The Labute approximate surface area is 157 Å². The predicted molar refractivity (Wildman–Crippen MR) is 106 cm³/mol. The molecule has 0 amide bonds. The quantitative estimate of drug-likeness (QED) is 0.345. The third-order valence-electron chi connectivity index (χ3n) is 5.66. The van der Waals surface area contributed by atoms with Gasteiger partial charge in [0.1, 0.15) is 0 Å². The number of nitrogens with zero attached hydrogens (tertiary/aromatic N) is 1. The minimum atomic E-state index is -0.316. The molecule has 1 heterocycles. The van der Waals surface area contributed by atoms with Crippen LogP contribution in [0.1, 0.15) is 118 Å². The molecule has 1 fully saturated rings. The van der Waals surface area contributed by atoms with Gasteiger partial charge in [-0.25, -0.2) is 0 Å². The van der Waals surface area contributed by atoms with Crippen molar-refractivity contribution in [3.8, 4) is 0 Å². The Kier molecular flexibility index (Phi) is 10.6. The number of piperidine rings is 1. The van der Waals surface area contributed by atoms with E-state index in [0.717, 1.165) is 25.9 Å². The van der Waals surface area contributed by atoms with E-state index in [1.807, 2.05) is 27.7 Å². The summed E-state index contributed by atoms with van der Waals surface area (Å²) in [6, 6.07) is 0. The predicted octanol–water partition coefficient (Wildman–Crippen LogP) is 6.68. The molecule has 0 atom stereocenters. The van der Waals surface area contributed by atoms with Gasteiger partial charge in [0.25, 0.3) is 0 Å². The first kappa shape index (κ1) is 22.9. The van der Waals surface area contributed by atoms with Gasteiger partial charge in [-0.2, -0.15) is 0 Å². The molecule has 1 aliphatic heterocycles. The first-order chi connectivity index (χ1) is 11.8. The van der Waals surface area contributed by atoms with E-state index in [2.05, 4.69) is 6.92 Å². The van der Waals surface area contributed by atoms with Crippen LogP contribution in [0.15, 0.2) is 0 Å². The van der Waals surface area contributed by atoms with Crippen molar-refractivity contribution in [3.05, 3.63) is 0 Å². The average Bonchev–Trinajstić information content (AvgIpc) is 2.53. The molecule has 3 nitrogen and oxygen atoms in total. The molecule has 1 saturated heterocycles. The fourth-order valence-corrected chi connectivity index (χ4v) is 4.31. The minimum absolute atomic E-state index is 0.235. The summed E-state index contributed by atoms with van der Waals surface area (Å²) in [6.07, 6.45) is 16.9. The van der Waals surface area contributed by atoms with Gasteiger partial charge in [0.05, 0.1) is 6.10 Å². The highest BCUT2D eigenvalue weighted by molar-refractivity contribution is 4.96. The minimum Gasteiger partial charge on any atom is -0.378 e. The van der Waals surface area contributed by atoms with Crippen LogP contribution in [0.2, 0.25) is 0 Å². The third-order valence-corrected chi connectivity index (χ3v) is 5.66. The molecule has 1 rings (SSSR count). The Morgan fingerprint density at radius 1 is 0.760 bits per heavy atom. The van der Waals surface area contributed by atoms with Crippen LogP contribution in [0.3, 0.4) is 0 Å². The highest BCUT2D eigenvalue weighted by atomic mass is 16.5. The van der Waals surface area contributed by atoms with E-state index >= 15 is 0 Å². The van der Waals surface area contributed by atoms with E-state index in [1.54, 1.807) is 0 Å². The molecule has 0 aliphatic carbocycles. The van der Waals surface area contributed by atoms with Crippen LogP contribution in [0.5, 0.6) is 0 Å². The SMILES string of the molecule is CCCCCCCCCCCCCOC1CC(C)(C)N([O])C(C)(C)C1. The van der Waals surface area contributed by atoms with Crippen LogP contribution >= 0.6 is 0 Å². The Bertz CT molecular complexity index is 323. The normalized spacial score (nSPS) is 20.9. The second kappa shape index (κ2) is 11.6. The van der Waals surface area contributed by atoms with Crippen molar-refractivity contribution >= 4 is 0 Å². The number of unbranched alkanes of at least 4 members (excludes halogenated alkanes) is 10. The van der Waals surface area contributed by atoms with Crippen LogP contribution in [0.4, 0.5) is 0 Å². The van der Waals surface area contributed by atoms with Gasteiger partial charge in [0.2, 0.25) is 0 Å². The summed E-state index contributed by atoms with van der Waals surface area (Å²) in [5.74, 6) is 0. The van der Waals surface area contributed by atoms with Crippen molar-refractivity contribution < 1.29 is 9.94 Å². The zero-order chi connectivity index (χ0) is 18.8. The van der Waals surface area contributed by atoms with Crippen LogP contribution in [-0.2, 0) is 9.94 Å². The highest BCUT2D eigenvalue weighted by Crippen LogP contribution is 2.38. The molecule has 149 valence electrons. The van der Waals surface area contributed by atoms with E-state index < -0.39 is 0 Å². The standard InChI is InChI=1S/C22H44NO2/c1-6-7-8-9-10-11-12-13-14-15-16-17-25-20-18-21(2,3)23(24)22(4,5)19-20/h20H,6-19H2,1-5H3. The van der Waals surface area contributed by atoms with E-state index in [9.17, 15) is 5.21 Å². The lowest BCUT2D eigenvalue weighted by molar-refractivity contribution is -0.301. The van der Waals surface area contributed by atoms with Crippen molar-refractivity contribution in [1.82, 2.24) is 5.06 Å². The summed E-state index contributed by atoms with van der Waals surface area (Å²) < 4.78 is 6.12. The van der Waals surface area contributed by atoms with E-state index in [4.69, 9.17) is 4.74 Å². The van der Waals surface area contributed by atoms with E-state index in [-0.39, 0.29) is 17.2 Å². The number of hydrogen-bond acceptors (Lipinski definition) is 2. The van der Waals surface area contributed by atoms with Crippen LogP contribution in [0.25, 0.3) is 0 Å². The summed E-state index contributed by atoms with van der Waals surface area (Å²) >= 11 is 0. The molecular weight excluding hydrogens is 310 g/mol. The Hall–Kier alpha value is -0.120. The molecule has 0 aromatic rings. The summed E-state index contributed by atoms with van der Waals surface area (Å²) in [4.78, 5) is 0. The van der Waals surface area contributed by atoms with Gasteiger partial charge in [0, 0.05) is 17.7 Å². The van der Waals surface area contributed by atoms with Crippen LogP contribution < -0.4 is 0 Å². The molecular formula is C22H44NO2. The Morgan fingerprint density at radius 2 is 1.16 bits per heavy atom. The number of ether oxygens (including phenoxy) is 1. The summed E-state index contributed by atoms with van der Waals surface area (Å²) in [5.41, 5.74) is -0.632. The molecule has 25 heavy (non-hydrogen) atoms. The molecule has 0 aromatic heterocycles. The lowest BCUT2D eigenvalue weighted by Gasteiger charge is -2.49. The fourth-order valence-electron chi connectivity index (χ4n) is 4.31. The van der Waals surface area contributed by atoms with E-state index in [1.165, 1.54) is 69.3 Å². The molecule has 0 saturated carbocycles. The molecule has 0 aromatic carbocycles. The Balaban J connectivity index is 2.00. The highest BCUT2D eigenvalue weighted by Gasteiger charge is 2.46. The lowest BCUT2D eigenvalue weighted by atomic mass is 9.80. The first-order valence-electron chi connectivity index (χ1n) is 10.9. The summed E-state index contributed by atoms with van der Waals surface area (Å²) in [5, 5.41) is 13.6. The maximum Gasteiger partial charge on any atom is 0.0611 e. The molecule has 3 heteroatoms. The van der Waals surface area contributed by atoms with Crippen molar-refractivity contribution in [2.45, 2.75) is 135 Å². The van der Waals surface area contributed by atoms with Crippen molar-refractivity contribution in [2.75, 3.05) is 6.61 Å². The maximum atomic E-state index is 12.4. The van der Waals surface area contributed by atoms with Crippen molar-refractivity contribution in [1.29, 1.82) is 0 Å². The fraction of sp³-hybridized carbons (Fsp3) is 1.00. The van der Waals surface area contributed by atoms with Gasteiger partial charge >= 0.3 is 0 Å². The van der Waals surface area contributed by atoms with Gasteiger partial charge in [-0.3, -0.25) is 0 Å². The average molecular weight is 355 g/mol. The zero-order valence-corrected chi connectivity index (χ0v) is 17.7. The third kappa shape index (κ3) is 8.88. The molecule has 0 N–H and O–H groups in total. The molecule has 1 aliphatic rings. The van der Waals surface area contributed by atoms with Crippen molar-refractivity contribution in [3.63, 3.8) is 0 Å². The topological polar surface area (TPSA) is 32.4 Å². The second-order valence-electron chi connectivity index (χ2n) is 9.36. The smallest absolute Gasteiger partial charge is 0.0611 e. The monoisotopic (exact) mass is 354 g/mol. The van der Waals surface area contributed by atoms with Crippen LogP contribution in [0, 0.1) is 0 Å². The number of rotatable bonds is 13. The van der Waals surface area contributed by atoms with Crippen molar-refractivity contribution in [2.24, 2.45) is 0 Å². The zero-order valence-electron chi connectivity index (χ0n) is 17.7. The first-order valence-corrected chi connectivity index (χ1v) is 10.9. The summed E-state index contributed by atoms with van der Waals surface area (Å²) in [7, 11) is 0. The van der Waals surface area contributed by atoms with Crippen LogP contribution in [-0.4, -0.2) is 28.9 Å². The Morgan fingerprint density at radius 3 is 1.60 bits per heavy atom. The van der Waals surface area contributed by atoms with Gasteiger partial charge in [0.15, 0.2) is 0 Å². The maximum absolute atomic E-state index is 12.4. The molecule has 1 radical (unpaired) electrons. The van der Waals surface area contributed by atoms with Gasteiger partial charge in [-0.1, -0.05) is 71.1 Å².